The van der Waals surface area contributed by atoms with E-state index in [0.717, 1.165) is 11.3 Å². The highest BCUT2D eigenvalue weighted by atomic mass is 19.1. The molecule has 1 atom stereocenters. The minimum Gasteiger partial charge on any atom is -0.497 e. The van der Waals surface area contributed by atoms with E-state index in [0.29, 0.717) is 0 Å². The minimum atomic E-state index is -0.389. The topological polar surface area (TPSA) is 44.5 Å². The van der Waals surface area contributed by atoms with Gasteiger partial charge in [0.2, 0.25) is 0 Å². The van der Waals surface area contributed by atoms with Gasteiger partial charge in [0.15, 0.2) is 11.6 Å². The average Bonchev–Trinajstić information content (AvgIpc) is 2.46. The Hall–Kier alpha value is -2.07. The van der Waals surface area contributed by atoms with E-state index in [1.54, 1.807) is 25.3 Å². The van der Waals surface area contributed by atoms with Crippen LogP contribution in [0.4, 0.5) is 4.39 Å². The summed E-state index contributed by atoms with van der Waals surface area (Å²) in [6.45, 7) is 0.202. The number of methoxy groups -OCH3 is 1. The van der Waals surface area contributed by atoms with Crippen molar-refractivity contribution < 1.29 is 13.9 Å². The second kappa shape index (κ2) is 6.20. The van der Waals surface area contributed by atoms with Gasteiger partial charge in [-0.15, -0.1) is 0 Å². The Morgan fingerprint density at radius 3 is 2.68 bits per heavy atom. The molecule has 0 saturated carbocycles. The summed E-state index contributed by atoms with van der Waals surface area (Å²) in [5, 5.41) is 0. The molecular weight excluding hydrogens is 245 g/mol. The number of hydrogen-bond acceptors (Lipinski definition) is 3. The molecule has 0 spiro atoms. The van der Waals surface area contributed by atoms with Crippen LogP contribution in [0.25, 0.3) is 0 Å². The van der Waals surface area contributed by atoms with Gasteiger partial charge in [-0.2, -0.15) is 0 Å². The summed E-state index contributed by atoms with van der Waals surface area (Å²) < 4.78 is 23.9. The lowest BCUT2D eigenvalue weighted by molar-refractivity contribution is 0.277. The van der Waals surface area contributed by atoms with Gasteiger partial charge in [-0.05, 0) is 29.8 Å². The lowest BCUT2D eigenvalue weighted by atomic mass is 10.1. The number of rotatable bonds is 5. The van der Waals surface area contributed by atoms with Crippen molar-refractivity contribution in [2.24, 2.45) is 5.73 Å². The van der Waals surface area contributed by atoms with Gasteiger partial charge in [0.25, 0.3) is 0 Å². The molecule has 1 unspecified atom stereocenters. The highest BCUT2D eigenvalue weighted by Crippen LogP contribution is 2.20. The summed E-state index contributed by atoms with van der Waals surface area (Å²) in [5.74, 6) is 0.556. The summed E-state index contributed by atoms with van der Waals surface area (Å²) >= 11 is 0. The largest absolute Gasteiger partial charge is 0.497 e. The molecule has 4 heteroatoms. The molecule has 0 aliphatic rings. The van der Waals surface area contributed by atoms with Crippen LogP contribution in [0, 0.1) is 5.82 Å². The van der Waals surface area contributed by atoms with Crippen LogP contribution in [-0.2, 0) is 0 Å². The van der Waals surface area contributed by atoms with Crippen molar-refractivity contribution in [2.45, 2.75) is 6.04 Å². The monoisotopic (exact) mass is 261 g/mol. The van der Waals surface area contributed by atoms with E-state index in [-0.39, 0.29) is 24.2 Å². The minimum absolute atomic E-state index is 0.202. The molecule has 0 aromatic heterocycles. The molecule has 0 amide bonds. The van der Waals surface area contributed by atoms with Gasteiger partial charge in [-0.1, -0.05) is 24.3 Å². The standard InChI is InChI=1S/C15H16FNO2/c1-18-12-6-4-5-11(9-12)14(17)10-19-15-8-3-2-7-13(15)16/h2-9,14H,10,17H2,1H3. The zero-order chi connectivity index (χ0) is 13.7. The first-order chi connectivity index (χ1) is 9.20. The van der Waals surface area contributed by atoms with E-state index >= 15 is 0 Å². The third-order valence-corrected chi connectivity index (χ3v) is 2.78. The Kier molecular flexibility index (Phi) is 4.36. The maximum Gasteiger partial charge on any atom is 0.165 e. The fourth-order valence-corrected chi connectivity index (χ4v) is 1.71. The highest BCUT2D eigenvalue weighted by Gasteiger charge is 2.09. The van der Waals surface area contributed by atoms with E-state index in [9.17, 15) is 4.39 Å². The molecule has 19 heavy (non-hydrogen) atoms. The van der Waals surface area contributed by atoms with E-state index in [4.69, 9.17) is 15.2 Å². The molecule has 2 aromatic rings. The quantitative estimate of drug-likeness (QED) is 0.900. The van der Waals surface area contributed by atoms with Crippen LogP contribution in [0.3, 0.4) is 0 Å². The second-order valence-electron chi connectivity index (χ2n) is 4.12. The van der Waals surface area contributed by atoms with Crippen LogP contribution in [-0.4, -0.2) is 13.7 Å². The van der Waals surface area contributed by atoms with Crippen LogP contribution in [0.15, 0.2) is 48.5 Å². The maximum absolute atomic E-state index is 13.4. The summed E-state index contributed by atoms with van der Waals surface area (Å²) in [6.07, 6.45) is 0. The van der Waals surface area contributed by atoms with Crippen LogP contribution in [0.5, 0.6) is 11.5 Å². The first-order valence-electron chi connectivity index (χ1n) is 5.97. The summed E-state index contributed by atoms with van der Waals surface area (Å²) in [7, 11) is 1.60. The van der Waals surface area contributed by atoms with E-state index in [1.165, 1.54) is 6.07 Å². The fraction of sp³-hybridized carbons (Fsp3) is 0.200. The molecule has 100 valence electrons. The molecule has 2 rings (SSSR count). The molecular formula is C15H16FNO2. The second-order valence-corrected chi connectivity index (χ2v) is 4.12. The molecule has 0 radical (unpaired) electrons. The Labute approximate surface area is 111 Å². The van der Waals surface area contributed by atoms with Crippen molar-refractivity contribution in [2.75, 3.05) is 13.7 Å². The number of para-hydroxylation sites is 1. The van der Waals surface area contributed by atoms with Crippen LogP contribution in [0.1, 0.15) is 11.6 Å². The summed E-state index contributed by atoms with van der Waals surface area (Å²) in [6, 6.07) is 13.4. The van der Waals surface area contributed by atoms with Crippen LogP contribution < -0.4 is 15.2 Å². The first kappa shape index (κ1) is 13.4. The maximum atomic E-state index is 13.4. The van der Waals surface area contributed by atoms with Crippen molar-refractivity contribution in [3.63, 3.8) is 0 Å². The van der Waals surface area contributed by atoms with Gasteiger partial charge in [-0.25, -0.2) is 4.39 Å². The van der Waals surface area contributed by atoms with Crippen LogP contribution >= 0.6 is 0 Å². The van der Waals surface area contributed by atoms with Crippen molar-refractivity contribution in [1.82, 2.24) is 0 Å². The Balaban J connectivity index is 2.01. The van der Waals surface area contributed by atoms with Crippen molar-refractivity contribution in [3.8, 4) is 11.5 Å². The third-order valence-electron chi connectivity index (χ3n) is 2.78. The lowest BCUT2D eigenvalue weighted by Crippen LogP contribution is -2.19. The Morgan fingerprint density at radius 2 is 1.95 bits per heavy atom. The third kappa shape index (κ3) is 3.45. The predicted molar refractivity (Wildman–Crippen MR) is 71.8 cm³/mol. The number of ether oxygens (including phenoxy) is 2. The van der Waals surface area contributed by atoms with Gasteiger partial charge in [0, 0.05) is 0 Å². The highest BCUT2D eigenvalue weighted by molar-refractivity contribution is 5.30. The van der Waals surface area contributed by atoms with Crippen molar-refractivity contribution in [1.29, 1.82) is 0 Å². The first-order valence-corrected chi connectivity index (χ1v) is 5.97. The normalized spacial score (nSPS) is 11.9. The van der Waals surface area contributed by atoms with Crippen molar-refractivity contribution in [3.05, 3.63) is 59.9 Å². The van der Waals surface area contributed by atoms with Gasteiger partial charge < -0.3 is 15.2 Å². The number of benzene rings is 2. The summed E-state index contributed by atoms with van der Waals surface area (Å²) in [4.78, 5) is 0. The predicted octanol–water partition coefficient (Wildman–Crippen LogP) is 2.91. The lowest BCUT2D eigenvalue weighted by Gasteiger charge is -2.14. The van der Waals surface area contributed by atoms with Gasteiger partial charge in [0.1, 0.15) is 12.4 Å². The molecule has 0 aliphatic carbocycles. The van der Waals surface area contributed by atoms with Gasteiger partial charge in [0.05, 0.1) is 13.2 Å². The molecule has 2 N–H and O–H groups in total. The average molecular weight is 261 g/mol. The SMILES string of the molecule is COc1cccc(C(N)COc2ccccc2F)c1. The fourth-order valence-electron chi connectivity index (χ4n) is 1.71. The van der Waals surface area contributed by atoms with Crippen molar-refractivity contribution >= 4 is 0 Å². The molecule has 0 bridgehead atoms. The Morgan fingerprint density at radius 1 is 1.16 bits per heavy atom. The van der Waals surface area contributed by atoms with Gasteiger partial charge >= 0.3 is 0 Å². The Bertz CT molecular complexity index is 545. The molecule has 0 fully saturated rings. The smallest absolute Gasteiger partial charge is 0.165 e. The van der Waals surface area contributed by atoms with Crippen LogP contribution in [0.2, 0.25) is 0 Å². The van der Waals surface area contributed by atoms with E-state index < -0.39 is 0 Å². The zero-order valence-electron chi connectivity index (χ0n) is 10.7. The van der Waals surface area contributed by atoms with E-state index in [1.807, 2.05) is 24.3 Å². The molecule has 0 saturated heterocycles. The van der Waals surface area contributed by atoms with Gasteiger partial charge in [-0.3, -0.25) is 0 Å². The number of halogens is 1. The van der Waals surface area contributed by atoms with E-state index in [2.05, 4.69) is 0 Å². The molecule has 3 nitrogen and oxygen atoms in total. The zero-order valence-corrected chi connectivity index (χ0v) is 10.7. The number of nitrogens with two attached hydrogens (primary N) is 1. The molecule has 0 aliphatic heterocycles. The molecule has 2 aromatic carbocycles. The molecule has 0 heterocycles. The number of hydrogen-bond donors (Lipinski definition) is 1. The summed E-state index contributed by atoms with van der Waals surface area (Å²) in [5.41, 5.74) is 6.90.